The topological polar surface area (TPSA) is 198 Å². The zero-order chi connectivity index (χ0) is 48.7. The smallest absolute Gasteiger partial charge is 0.307 e. The molecule has 70 heavy (non-hydrogen) atoms. The number of esters is 1. The van der Waals surface area contributed by atoms with Gasteiger partial charge in [0.1, 0.15) is 35.2 Å². The summed E-state index contributed by atoms with van der Waals surface area (Å²) in [5.74, 6) is 18.5. The van der Waals surface area contributed by atoms with Crippen LogP contribution in [0.4, 0.5) is 0 Å². The number of ether oxygens (including phenoxy) is 1. The Morgan fingerprint density at radius 1 is 0.700 bits per heavy atom. The third-order valence-electron chi connectivity index (χ3n) is 13.7. The number of carbonyl (C=O) groups excluding carboxylic acids is 1. The van der Waals surface area contributed by atoms with Gasteiger partial charge in [-0.15, -0.1) is 0 Å². The molecule has 0 spiro atoms. The number of likely N-dealkylation sites (tertiary alicyclic amines) is 2. The number of hydrogen-bond donors (Lipinski definition) is 3. The largest absolute Gasteiger partial charge is 0.481 e. The molecule has 4 aliphatic rings. The quantitative estimate of drug-likeness (QED) is 0.0506. The van der Waals surface area contributed by atoms with E-state index >= 15 is 0 Å². The number of aliphatic hydroxyl groups excluding tert-OH is 2. The first-order chi connectivity index (χ1) is 34.0. The van der Waals surface area contributed by atoms with Gasteiger partial charge in [0.2, 0.25) is 0 Å². The first-order valence-corrected chi connectivity index (χ1v) is 24.3. The van der Waals surface area contributed by atoms with Crippen LogP contribution in [0.1, 0.15) is 92.8 Å². The molecule has 0 radical (unpaired) electrons. The number of piperidine rings is 2. The fraction of sp³-hybridized carbons (Fsp3) is 0.444. The number of aliphatic hydroxyl groups is 2. The number of carbonyl (C=O) groups is 2. The van der Waals surface area contributed by atoms with Crippen molar-refractivity contribution in [3.05, 3.63) is 120 Å². The van der Waals surface area contributed by atoms with Gasteiger partial charge in [0.15, 0.2) is 11.5 Å². The molecule has 0 bridgehead atoms. The maximum atomic E-state index is 11.8. The van der Waals surface area contributed by atoms with Crippen LogP contribution < -0.4 is 0 Å². The van der Waals surface area contributed by atoms with Gasteiger partial charge in [-0.2, -0.15) is 0 Å². The monoisotopic (exact) mass is 948 g/mol. The lowest BCUT2D eigenvalue weighted by Gasteiger charge is -2.17. The molecule has 6 aromatic rings. The van der Waals surface area contributed by atoms with Crippen molar-refractivity contribution in [3.63, 3.8) is 0 Å². The van der Waals surface area contributed by atoms with Crippen molar-refractivity contribution in [2.24, 2.45) is 35.5 Å². The number of aromatic nitrogens is 6. The van der Waals surface area contributed by atoms with E-state index in [1.807, 2.05) is 82.2 Å². The second-order valence-corrected chi connectivity index (χ2v) is 18.9. The van der Waals surface area contributed by atoms with Gasteiger partial charge in [-0.3, -0.25) is 9.59 Å². The SMILES string of the molecule is CCCCOC(=O)CCN1C[C@@H]2C(C#Cc3ccc(-c4cc(Cn5ccnc5[C@H](C)O)no4)cc3)[C@@H]2C1.C[C@H](O)c1nccn1Cc1cc(-c2ccc(C#CC3[C@H]4CN(CCC(=O)O)C[C@@H]34)cc2)on1. The number of carboxylic acids is 1. The number of benzene rings is 2. The summed E-state index contributed by atoms with van der Waals surface area (Å²) in [6.45, 7) is 12.4. The number of imidazole rings is 2. The minimum Gasteiger partial charge on any atom is -0.481 e. The Morgan fingerprint density at radius 2 is 1.14 bits per heavy atom. The third-order valence-corrected chi connectivity index (χ3v) is 13.7. The lowest BCUT2D eigenvalue weighted by Crippen LogP contribution is -2.27. The molecule has 2 saturated carbocycles. The highest BCUT2D eigenvalue weighted by Crippen LogP contribution is 2.52. The number of carboxylic acid groups (broad SMARTS) is 1. The van der Waals surface area contributed by atoms with Crippen molar-refractivity contribution in [2.75, 3.05) is 45.9 Å². The van der Waals surface area contributed by atoms with E-state index in [-0.39, 0.29) is 12.4 Å². The first-order valence-electron chi connectivity index (χ1n) is 24.3. The van der Waals surface area contributed by atoms with Gasteiger partial charge in [-0.05, 0) is 92.5 Å². The standard InChI is InChI=1S/C29H34N4O4.C25H26N4O4/c1-3-4-15-36-28(35)11-13-32-18-25-24(26(25)19-32)10-7-21-5-8-22(9-6-21)27-16-23(31-37-27)17-33-14-12-30-29(33)20(2)34;1-16(30)25-26-9-11-29(25)13-19-12-23(33-27-19)18-5-2-17(3-6-18)4-7-20-21-14-28(15-22(20)21)10-8-24(31)32/h5-6,8-9,12,14,16,20,24-26,34H,3-4,11,13,15,17-19H2,1-2H3;2-3,5-6,9,11-12,16,20-22,30H,8,10,13-15H2,1H3,(H,31,32)/t20-,24?,25-,26+;16-,20?,21-,22+/m00/s1. The van der Waals surface area contributed by atoms with Gasteiger partial charge < -0.3 is 48.0 Å². The summed E-state index contributed by atoms with van der Waals surface area (Å²) >= 11 is 0. The number of rotatable bonds is 17. The summed E-state index contributed by atoms with van der Waals surface area (Å²) in [5, 5.41) is 36.8. The third kappa shape index (κ3) is 11.9. The molecule has 16 nitrogen and oxygen atoms in total. The van der Waals surface area contributed by atoms with Crippen molar-refractivity contribution < 1.29 is 38.7 Å². The van der Waals surface area contributed by atoms with E-state index in [9.17, 15) is 19.8 Å². The van der Waals surface area contributed by atoms with Crippen LogP contribution >= 0.6 is 0 Å². The number of unbranched alkanes of at least 4 members (excludes halogenated alkanes) is 1. The molecule has 4 fully saturated rings. The summed E-state index contributed by atoms with van der Waals surface area (Å²) < 4.78 is 20.0. The summed E-state index contributed by atoms with van der Waals surface area (Å²) in [6.07, 6.45) is 8.33. The van der Waals surface area contributed by atoms with E-state index in [1.165, 1.54) is 0 Å². The molecule has 364 valence electrons. The number of fused-ring (bicyclic) bond motifs is 2. The zero-order valence-corrected chi connectivity index (χ0v) is 39.9. The maximum Gasteiger partial charge on any atom is 0.307 e. The van der Waals surface area contributed by atoms with Crippen molar-refractivity contribution >= 4 is 11.9 Å². The van der Waals surface area contributed by atoms with Crippen LogP contribution in [0.15, 0.2) is 94.5 Å². The fourth-order valence-electron chi connectivity index (χ4n) is 9.73. The van der Waals surface area contributed by atoms with Crippen LogP contribution in [0.25, 0.3) is 22.6 Å². The lowest BCUT2D eigenvalue weighted by molar-refractivity contribution is -0.144. The predicted octanol–water partition coefficient (Wildman–Crippen LogP) is 6.55. The van der Waals surface area contributed by atoms with Crippen molar-refractivity contribution in [1.29, 1.82) is 0 Å². The van der Waals surface area contributed by atoms with E-state index in [2.05, 4.69) is 60.7 Å². The molecular weight excluding hydrogens is 889 g/mol. The second-order valence-electron chi connectivity index (χ2n) is 18.9. The Kier molecular flexibility index (Phi) is 15.1. The Balaban J connectivity index is 0.000000175. The summed E-state index contributed by atoms with van der Waals surface area (Å²) in [5.41, 5.74) is 5.34. The Bertz CT molecular complexity index is 2830. The van der Waals surface area contributed by atoms with Crippen LogP contribution in [0.3, 0.4) is 0 Å². The van der Waals surface area contributed by atoms with E-state index < -0.39 is 18.2 Å². The molecule has 16 heteroatoms. The number of aliphatic carboxylic acids is 1. The average molecular weight is 949 g/mol. The van der Waals surface area contributed by atoms with Crippen molar-refractivity contribution in [1.82, 2.24) is 39.2 Å². The normalized spacial score (nSPS) is 21.8. The fourth-order valence-corrected chi connectivity index (χ4v) is 9.73. The molecule has 2 saturated heterocycles. The molecule has 10 rings (SSSR count). The van der Waals surface area contributed by atoms with Crippen LogP contribution in [-0.2, 0) is 27.4 Å². The zero-order valence-electron chi connectivity index (χ0n) is 39.9. The minimum absolute atomic E-state index is 0.0842. The van der Waals surface area contributed by atoms with Gasteiger partial charge in [-0.25, -0.2) is 9.97 Å². The second kappa shape index (κ2) is 21.9. The highest BCUT2D eigenvalue weighted by Gasteiger charge is 2.55. The average Bonchev–Trinajstić information content (AvgIpc) is 4.00. The number of hydrogen-bond acceptors (Lipinski definition) is 13. The number of nitrogens with zero attached hydrogens (tertiary/aromatic N) is 8. The summed E-state index contributed by atoms with van der Waals surface area (Å²) in [7, 11) is 0. The van der Waals surface area contributed by atoms with Crippen LogP contribution in [-0.4, -0.2) is 112 Å². The molecule has 2 unspecified atom stereocenters. The Hall–Kier alpha value is -6.82. The Labute approximate surface area is 407 Å². The summed E-state index contributed by atoms with van der Waals surface area (Å²) in [4.78, 5) is 35.5. The summed E-state index contributed by atoms with van der Waals surface area (Å²) in [6, 6.07) is 19.8. The maximum absolute atomic E-state index is 11.8. The molecular formula is C54H60N8O8. The van der Waals surface area contributed by atoms with E-state index in [4.69, 9.17) is 18.9 Å². The molecule has 3 N–H and O–H groups in total. The van der Waals surface area contributed by atoms with Gasteiger partial charge in [-0.1, -0.05) is 47.3 Å². The van der Waals surface area contributed by atoms with Gasteiger partial charge >= 0.3 is 11.9 Å². The van der Waals surface area contributed by atoms with Crippen LogP contribution in [0.2, 0.25) is 0 Å². The molecule has 8 atom stereocenters. The minimum atomic E-state index is -0.736. The lowest BCUT2D eigenvalue weighted by atomic mass is 10.1. The van der Waals surface area contributed by atoms with Gasteiger partial charge in [0.05, 0.1) is 32.5 Å². The van der Waals surface area contributed by atoms with Crippen LogP contribution in [0, 0.1) is 59.2 Å². The van der Waals surface area contributed by atoms with E-state index in [0.717, 1.165) is 79.2 Å². The highest BCUT2D eigenvalue weighted by molar-refractivity contribution is 5.69. The molecule has 0 amide bonds. The van der Waals surface area contributed by atoms with Crippen molar-refractivity contribution in [3.8, 4) is 46.3 Å². The van der Waals surface area contributed by atoms with Gasteiger partial charge in [0, 0.05) is 110 Å². The van der Waals surface area contributed by atoms with Crippen LogP contribution in [0.5, 0.6) is 0 Å². The van der Waals surface area contributed by atoms with E-state index in [0.29, 0.717) is 91.3 Å². The first kappa shape index (κ1) is 48.2. The molecule has 2 aliphatic heterocycles. The molecule has 2 aromatic carbocycles. The molecule has 4 aromatic heterocycles. The highest BCUT2D eigenvalue weighted by atomic mass is 16.5. The molecule has 2 aliphatic carbocycles. The van der Waals surface area contributed by atoms with Crippen molar-refractivity contribution in [2.45, 2.75) is 71.8 Å². The van der Waals surface area contributed by atoms with E-state index in [1.54, 1.807) is 26.2 Å². The predicted molar refractivity (Wildman–Crippen MR) is 258 cm³/mol. The van der Waals surface area contributed by atoms with Gasteiger partial charge in [0.25, 0.3) is 0 Å². The Morgan fingerprint density at radius 3 is 1.56 bits per heavy atom. The molecule has 6 heterocycles.